The number of benzene rings is 2. The first-order valence-electron chi connectivity index (χ1n) is 12.2. The Labute approximate surface area is 217 Å². The van der Waals surface area contributed by atoms with Crippen molar-refractivity contribution in [2.75, 3.05) is 11.9 Å². The highest BCUT2D eigenvalue weighted by atomic mass is 32.1. The van der Waals surface area contributed by atoms with Gasteiger partial charge in [-0.1, -0.05) is 42.5 Å². The number of anilines is 1. The summed E-state index contributed by atoms with van der Waals surface area (Å²) in [6.07, 6.45) is -2.11. The number of nitrogens with zero attached hydrogens (tertiary/aromatic N) is 3. The maximum Gasteiger partial charge on any atom is 0.393 e. The Balaban J connectivity index is 1.31. The van der Waals surface area contributed by atoms with E-state index in [0.717, 1.165) is 42.8 Å². The molecule has 0 bridgehead atoms. The second-order valence-corrected chi connectivity index (χ2v) is 10.4. The molecule has 0 spiro atoms. The third-order valence-electron chi connectivity index (χ3n) is 6.52. The molecule has 0 amide bonds. The minimum absolute atomic E-state index is 0.0702. The number of hydrogen-bond acceptors (Lipinski definition) is 7. The SMILES string of the molecule is Oc1ccc(CN2CC[C@H](Nc3ncnc4sc(CC(F)(F)F)cc34)C[C@H]2NCc2ccccc2)cc1. The third kappa shape index (κ3) is 6.76. The highest BCUT2D eigenvalue weighted by Gasteiger charge is 2.31. The number of piperidine rings is 1. The molecule has 0 radical (unpaired) electrons. The summed E-state index contributed by atoms with van der Waals surface area (Å²) in [6.45, 7) is 2.28. The van der Waals surface area contributed by atoms with Crippen molar-refractivity contribution < 1.29 is 18.3 Å². The normalized spacial score (nSPS) is 18.8. The quantitative estimate of drug-likeness (QED) is 0.273. The van der Waals surface area contributed by atoms with E-state index >= 15 is 0 Å². The molecule has 3 heterocycles. The van der Waals surface area contributed by atoms with Gasteiger partial charge in [0.15, 0.2) is 0 Å². The summed E-state index contributed by atoms with van der Waals surface area (Å²) in [7, 11) is 0. The highest BCUT2D eigenvalue weighted by Crippen LogP contribution is 2.33. The highest BCUT2D eigenvalue weighted by molar-refractivity contribution is 7.18. The Morgan fingerprint density at radius 2 is 1.81 bits per heavy atom. The third-order valence-corrected chi connectivity index (χ3v) is 7.56. The maximum atomic E-state index is 12.9. The van der Waals surface area contributed by atoms with Crippen molar-refractivity contribution in [1.29, 1.82) is 0 Å². The zero-order chi connectivity index (χ0) is 25.8. The molecule has 2 atom stereocenters. The van der Waals surface area contributed by atoms with Crippen molar-refractivity contribution in [3.05, 3.63) is 83.0 Å². The number of rotatable bonds is 8. The van der Waals surface area contributed by atoms with Crippen molar-refractivity contribution in [3.63, 3.8) is 0 Å². The van der Waals surface area contributed by atoms with Crippen LogP contribution in [0.3, 0.4) is 0 Å². The van der Waals surface area contributed by atoms with Crippen LogP contribution in [0.5, 0.6) is 5.75 Å². The lowest BCUT2D eigenvalue weighted by atomic mass is 10.00. The van der Waals surface area contributed by atoms with Crippen LogP contribution in [-0.4, -0.2) is 44.9 Å². The number of phenolic OH excluding ortho intramolecular Hbond substituents is 1. The number of thiophene rings is 1. The molecule has 1 fully saturated rings. The lowest BCUT2D eigenvalue weighted by molar-refractivity contribution is -0.126. The van der Waals surface area contributed by atoms with Crippen molar-refractivity contribution in [2.24, 2.45) is 0 Å². The molecule has 3 N–H and O–H groups in total. The number of halogens is 3. The standard InChI is InChI=1S/C27H28F3N5OS/c28-27(29,30)14-22-13-23-25(32-17-33-26(23)37-22)34-20-10-11-35(16-19-6-8-21(36)9-7-19)24(12-20)31-15-18-4-2-1-3-5-18/h1-9,13,17,20,24,31,36H,10-12,14-16H2,(H,32,33,34)/t20-,24-/m0/s1. The molecule has 10 heteroatoms. The van der Waals surface area contributed by atoms with E-state index in [0.29, 0.717) is 22.6 Å². The Kier molecular flexibility index (Phi) is 7.59. The van der Waals surface area contributed by atoms with Crippen LogP contribution in [0.1, 0.15) is 28.8 Å². The average molecular weight is 528 g/mol. The number of hydrogen-bond donors (Lipinski definition) is 3. The molecular formula is C27H28F3N5OS. The molecule has 6 nitrogen and oxygen atoms in total. The number of phenols is 1. The summed E-state index contributed by atoms with van der Waals surface area (Å²) in [5, 5.41) is 17.4. The molecule has 5 rings (SSSR count). The molecule has 1 aliphatic heterocycles. The number of fused-ring (bicyclic) bond motifs is 1. The number of likely N-dealkylation sites (tertiary alicyclic amines) is 1. The van der Waals surface area contributed by atoms with Gasteiger partial charge in [0.1, 0.15) is 22.7 Å². The molecule has 37 heavy (non-hydrogen) atoms. The van der Waals surface area contributed by atoms with Crippen molar-refractivity contribution in [2.45, 2.75) is 50.7 Å². The predicted octanol–water partition coefficient (Wildman–Crippen LogP) is 5.69. The summed E-state index contributed by atoms with van der Waals surface area (Å²) in [4.78, 5) is 11.7. The van der Waals surface area contributed by atoms with Crippen molar-refractivity contribution in [1.82, 2.24) is 20.2 Å². The van der Waals surface area contributed by atoms with E-state index in [-0.39, 0.29) is 22.8 Å². The van der Waals surface area contributed by atoms with Gasteiger partial charge in [0.2, 0.25) is 0 Å². The molecular weight excluding hydrogens is 499 g/mol. The first kappa shape index (κ1) is 25.4. The van der Waals surface area contributed by atoms with Gasteiger partial charge in [0.25, 0.3) is 0 Å². The van der Waals surface area contributed by atoms with Gasteiger partial charge in [0.05, 0.1) is 18.0 Å². The number of aromatic nitrogens is 2. The topological polar surface area (TPSA) is 73.3 Å². The first-order valence-corrected chi connectivity index (χ1v) is 13.0. The predicted molar refractivity (Wildman–Crippen MR) is 139 cm³/mol. The summed E-state index contributed by atoms with van der Waals surface area (Å²) in [5.41, 5.74) is 2.30. The van der Waals surface area contributed by atoms with Crippen LogP contribution < -0.4 is 10.6 Å². The monoisotopic (exact) mass is 527 g/mol. The van der Waals surface area contributed by atoms with Gasteiger partial charge in [-0.2, -0.15) is 13.2 Å². The van der Waals surface area contributed by atoms with E-state index in [1.165, 1.54) is 11.9 Å². The van der Waals surface area contributed by atoms with E-state index in [4.69, 9.17) is 0 Å². The Hall–Kier alpha value is -3.21. The van der Waals surface area contributed by atoms with Crippen LogP contribution in [0, 0.1) is 0 Å². The van der Waals surface area contributed by atoms with Crippen LogP contribution >= 0.6 is 11.3 Å². The maximum absolute atomic E-state index is 12.9. The zero-order valence-corrected chi connectivity index (χ0v) is 20.9. The van der Waals surface area contributed by atoms with Crippen molar-refractivity contribution in [3.8, 4) is 5.75 Å². The molecule has 0 saturated carbocycles. The van der Waals surface area contributed by atoms with E-state index in [2.05, 4.69) is 37.6 Å². The van der Waals surface area contributed by atoms with Crippen molar-refractivity contribution >= 4 is 27.4 Å². The summed E-state index contributed by atoms with van der Waals surface area (Å²) >= 11 is 1.06. The Morgan fingerprint density at radius 1 is 1.03 bits per heavy atom. The molecule has 1 aliphatic rings. The minimum atomic E-state index is -4.26. The van der Waals surface area contributed by atoms with Crippen LogP contribution in [0.4, 0.5) is 19.0 Å². The summed E-state index contributed by atoms with van der Waals surface area (Å²) < 4.78 is 38.8. The molecule has 2 aromatic heterocycles. The molecule has 0 aliphatic carbocycles. The largest absolute Gasteiger partial charge is 0.508 e. The molecule has 2 aromatic carbocycles. The van der Waals surface area contributed by atoms with E-state index in [1.54, 1.807) is 18.2 Å². The second kappa shape index (κ2) is 11.0. The zero-order valence-electron chi connectivity index (χ0n) is 20.1. The van der Waals surface area contributed by atoms with Gasteiger partial charge in [-0.15, -0.1) is 11.3 Å². The lowest BCUT2D eigenvalue weighted by Gasteiger charge is -2.40. The fourth-order valence-corrected chi connectivity index (χ4v) is 5.74. The number of alkyl halides is 3. The van der Waals surface area contributed by atoms with Gasteiger partial charge in [-0.3, -0.25) is 10.2 Å². The number of aromatic hydroxyl groups is 1. The smallest absolute Gasteiger partial charge is 0.393 e. The van der Waals surface area contributed by atoms with Gasteiger partial charge in [0, 0.05) is 30.6 Å². The van der Waals surface area contributed by atoms with Crippen LogP contribution in [0.15, 0.2) is 67.0 Å². The average Bonchev–Trinajstić information content (AvgIpc) is 3.28. The molecule has 0 unspecified atom stereocenters. The van der Waals surface area contributed by atoms with E-state index in [9.17, 15) is 18.3 Å². The Bertz CT molecular complexity index is 1310. The summed E-state index contributed by atoms with van der Waals surface area (Å²) in [6, 6.07) is 19.1. The second-order valence-electron chi connectivity index (χ2n) is 9.33. The van der Waals surface area contributed by atoms with Crippen LogP contribution in [0.25, 0.3) is 10.2 Å². The van der Waals surface area contributed by atoms with E-state index in [1.807, 2.05) is 30.3 Å². The van der Waals surface area contributed by atoms with Gasteiger partial charge < -0.3 is 10.4 Å². The minimum Gasteiger partial charge on any atom is -0.508 e. The first-order chi connectivity index (χ1) is 17.8. The fourth-order valence-electron chi connectivity index (χ4n) is 4.71. The lowest BCUT2D eigenvalue weighted by Crippen LogP contribution is -2.52. The Morgan fingerprint density at radius 3 is 2.57 bits per heavy atom. The summed E-state index contributed by atoms with van der Waals surface area (Å²) in [5.74, 6) is 0.821. The van der Waals surface area contributed by atoms with Gasteiger partial charge in [-0.05, 0) is 42.2 Å². The van der Waals surface area contributed by atoms with E-state index < -0.39 is 12.6 Å². The van der Waals surface area contributed by atoms with Crippen LogP contribution in [0.2, 0.25) is 0 Å². The van der Waals surface area contributed by atoms with Crippen LogP contribution in [-0.2, 0) is 19.5 Å². The van der Waals surface area contributed by atoms with Gasteiger partial charge in [-0.25, -0.2) is 9.97 Å². The molecule has 194 valence electrons. The van der Waals surface area contributed by atoms with Gasteiger partial charge >= 0.3 is 6.18 Å². The number of nitrogens with one attached hydrogen (secondary N) is 2. The molecule has 1 saturated heterocycles. The fraction of sp³-hybridized carbons (Fsp3) is 0.333. The molecule has 4 aromatic rings.